The van der Waals surface area contributed by atoms with Crippen LogP contribution in [0.15, 0.2) is 54.6 Å². The van der Waals surface area contributed by atoms with Gasteiger partial charge in [-0.1, -0.05) is 48.0 Å². The van der Waals surface area contributed by atoms with E-state index in [0.717, 1.165) is 24.1 Å². The molecule has 0 saturated carbocycles. The number of ether oxygens (including phenoxy) is 1. The second-order valence-corrected chi connectivity index (χ2v) is 6.29. The summed E-state index contributed by atoms with van der Waals surface area (Å²) in [5.41, 5.74) is 2.38. The Balaban J connectivity index is 1.54. The second-order valence-electron chi connectivity index (χ2n) is 5.89. The van der Waals surface area contributed by atoms with E-state index in [0.29, 0.717) is 13.1 Å². The number of hydrogen-bond donors (Lipinski definition) is 0. The molecule has 6 heteroatoms. The van der Waals surface area contributed by atoms with Crippen LogP contribution in [0.2, 0.25) is 5.02 Å². The molecule has 1 amide bonds. The van der Waals surface area contributed by atoms with Crippen molar-refractivity contribution in [2.75, 3.05) is 19.7 Å². The third kappa shape index (κ3) is 4.29. The smallest absolute Gasteiger partial charge is 0.340 e. The van der Waals surface area contributed by atoms with Gasteiger partial charge < -0.3 is 9.64 Å². The molecule has 2 aromatic carbocycles. The minimum Gasteiger partial charge on any atom is -0.452 e. The average Bonchev–Trinajstić information content (AvgIpc) is 2.66. The minimum atomic E-state index is -0.749. The van der Waals surface area contributed by atoms with Crippen molar-refractivity contribution in [3.05, 3.63) is 76.6 Å². The van der Waals surface area contributed by atoms with Gasteiger partial charge in [0.15, 0.2) is 6.61 Å². The Morgan fingerprint density at radius 1 is 1.15 bits per heavy atom. The molecule has 1 aliphatic rings. The summed E-state index contributed by atoms with van der Waals surface area (Å²) in [5, 5.41) is -0.0455. The molecule has 0 bridgehead atoms. The molecule has 1 aliphatic heterocycles. The van der Waals surface area contributed by atoms with Gasteiger partial charge in [0.25, 0.3) is 5.91 Å². The molecule has 0 saturated heterocycles. The highest BCUT2D eigenvalue weighted by Crippen LogP contribution is 2.22. The summed E-state index contributed by atoms with van der Waals surface area (Å²) in [6.07, 6.45) is 2.75. The lowest BCUT2D eigenvalue weighted by atomic mass is 10.00. The predicted molar refractivity (Wildman–Crippen MR) is 97.3 cm³/mol. The Bertz CT molecular complexity index is 851. The third-order valence-electron chi connectivity index (χ3n) is 4.18. The summed E-state index contributed by atoms with van der Waals surface area (Å²) in [7, 11) is 0. The summed E-state index contributed by atoms with van der Waals surface area (Å²) in [4.78, 5) is 25.9. The number of hydrogen-bond acceptors (Lipinski definition) is 3. The van der Waals surface area contributed by atoms with Gasteiger partial charge in [0, 0.05) is 13.1 Å². The first kappa shape index (κ1) is 18.1. The maximum Gasteiger partial charge on any atom is 0.340 e. The normalized spacial score (nSPS) is 13.9. The van der Waals surface area contributed by atoms with Crippen molar-refractivity contribution >= 4 is 29.1 Å². The zero-order valence-electron chi connectivity index (χ0n) is 14.0. The van der Waals surface area contributed by atoms with Gasteiger partial charge in [0.2, 0.25) is 0 Å². The maximum atomic E-state index is 13.0. The quantitative estimate of drug-likeness (QED) is 0.762. The molecule has 3 rings (SSSR count). The van der Waals surface area contributed by atoms with E-state index in [-0.39, 0.29) is 23.1 Å². The van der Waals surface area contributed by atoms with E-state index >= 15 is 0 Å². The lowest BCUT2D eigenvalue weighted by Crippen LogP contribution is -2.37. The monoisotopic (exact) mass is 373 g/mol. The second kappa shape index (κ2) is 8.15. The molecule has 26 heavy (non-hydrogen) atoms. The Labute approximate surface area is 155 Å². The third-order valence-corrected chi connectivity index (χ3v) is 4.50. The van der Waals surface area contributed by atoms with Crippen molar-refractivity contribution in [3.63, 3.8) is 0 Å². The molecule has 4 nitrogen and oxygen atoms in total. The van der Waals surface area contributed by atoms with Crippen LogP contribution in [0.4, 0.5) is 4.39 Å². The molecule has 2 aromatic rings. The molecule has 0 fully saturated rings. The highest BCUT2D eigenvalue weighted by molar-refractivity contribution is 6.33. The fourth-order valence-corrected chi connectivity index (χ4v) is 3.01. The van der Waals surface area contributed by atoms with Crippen molar-refractivity contribution in [1.29, 1.82) is 0 Å². The molecular weight excluding hydrogens is 357 g/mol. The number of rotatable bonds is 4. The van der Waals surface area contributed by atoms with Gasteiger partial charge in [-0.05, 0) is 35.8 Å². The molecule has 134 valence electrons. The fraction of sp³-hybridized carbons (Fsp3) is 0.200. The van der Waals surface area contributed by atoms with E-state index in [4.69, 9.17) is 16.3 Å². The average molecular weight is 374 g/mol. The first-order valence-electron chi connectivity index (χ1n) is 8.19. The molecule has 0 N–H and O–H groups in total. The van der Waals surface area contributed by atoms with Crippen molar-refractivity contribution in [2.45, 2.75) is 6.42 Å². The number of esters is 1. The predicted octanol–water partition coefficient (Wildman–Crippen LogP) is 3.95. The van der Waals surface area contributed by atoms with Crippen LogP contribution in [0.3, 0.4) is 0 Å². The number of nitrogens with zero attached hydrogens (tertiary/aromatic N) is 1. The molecule has 0 aliphatic carbocycles. The Hall–Kier alpha value is -2.66. The van der Waals surface area contributed by atoms with Crippen LogP contribution in [0, 0.1) is 5.82 Å². The van der Waals surface area contributed by atoms with Crippen molar-refractivity contribution in [3.8, 4) is 0 Å². The van der Waals surface area contributed by atoms with E-state index in [1.165, 1.54) is 11.6 Å². The van der Waals surface area contributed by atoms with Gasteiger partial charge in [0.1, 0.15) is 5.82 Å². The van der Waals surface area contributed by atoms with Crippen molar-refractivity contribution in [2.24, 2.45) is 0 Å². The van der Waals surface area contributed by atoms with Crippen LogP contribution in [-0.2, 0) is 9.53 Å². The first-order valence-corrected chi connectivity index (χ1v) is 8.57. The molecule has 1 heterocycles. The molecule has 0 spiro atoms. The zero-order chi connectivity index (χ0) is 18.5. The summed E-state index contributed by atoms with van der Waals surface area (Å²) in [5.74, 6) is -1.57. The van der Waals surface area contributed by atoms with E-state index in [2.05, 4.69) is 0 Å². The standard InChI is InChI=1S/C20H17ClFNO3/c21-18-12-16(22)6-7-17(18)20(25)26-13-19(24)23-10-8-15(9-11-23)14-4-2-1-3-5-14/h1-8,12H,9-11,13H2. The van der Waals surface area contributed by atoms with Crippen LogP contribution >= 0.6 is 11.6 Å². The Morgan fingerprint density at radius 3 is 2.58 bits per heavy atom. The fourth-order valence-electron chi connectivity index (χ4n) is 2.76. The minimum absolute atomic E-state index is 0.0331. The number of halogens is 2. The number of amides is 1. The molecular formula is C20H17ClFNO3. The SMILES string of the molecule is O=C(OCC(=O)N1CC=C(c2ccccc2)CC1)c1ccc(F)cc1Cl. The number of carbonyl (C=O) groups is 2. The van der Waals surface area contributed by atoms with E-state index < -0.39 is 11.8 Å². The molecule has 0 aromatic heterocycles. The summed E-state index contributed by atoms with van der Waals surface area (Å²) >= 11 is 5.82. The topological polar surface area (TPSA) is 46.6 Å². The van der Waals surface area contributed by atoms with Crippen LogP contribution in [0.25, 0.3) is 5.57 Å². The van der Waals surface area contributed by atoms with E-state index in [9.17, 15) is 14.0 Å². The van der Waals surface area contributed by atoms with Crippen molar-refractivity contribution in [1.82, 2.24) is 4.90 Å². The highest BCUT2D eigenvalue weighted by atomic mass is 35.5. The summed E-state index contributed by atoms with van der Waals surface area (Å²) in [6, 6.07) is 13.4. The summed E-state index contributed by atoms with van der Waals surface area (Å²) in [6.45, 7) is 0.660. The van der Waals surface area contributed by atoms with Gasteiger partial charge >= 0.3 is 5.97 Å². The van der Waals surface area contributed by atoms with Gasteiger partial charge in [0.05, 0.1) is 10.6 Å². The summed E-state index contributed by atoms with van der Waals surface area (Å²) < 4.78 is 18.0. The van der Waals surface area contributed by atoms with Crippen LogP contribution in [-0.4, -0.2) is 36.5 Å². The number of benzene rings is 2. The van der Waals surface area contributed by atoms with Gasteiger partial charge in [-0.25, -0.2) is 9.18 Å². The largest absolute Gasteiger partial charge is 0.452 e. The van der Waals surface area contributed by atoms with Crippen LogP contribution in [0.1, 0.15) is 22.3 Å². The van der Waals surface area contributed by atoms with E-state index in [1.807, 2.05) is 36.4 Å². The number of carbonyl (C=O) groups excluding carboxylic acids is 2. The molecule has 0 radical (unpaired) electrons. The highest BCUT2D eigenvalue weighted by Gasteiger charge is 2.20. The van der Waals surface area contributed by atoms with Gasteiger partial charge in [-0.2, -0.15) is 0 Å². The van der Waals surface area contributed by atoms with Gasteiger partial charge in [-0.3, -0.25) is 4.79 Å². The Morgan fingerprint density at radius 2 is 1.92 bits per heavy atom. The molecule has 0 atom stereocenters. The first-order chi connectivity index (χ1) is 12.5. The maximum absolute atomic E-state index is 13.0. The van der Waals surface area contributed by atoms with Crippen molar-refractivity contribution < 1.29 is 18.7 Å². The molecule has 0 unspecified atom stereocenters. The van der Waals surface area contributed by atoms with Crippen LogP contribution < -0.4 is 0 Å². The van der Waals surface area contributed by atoms with E-state index in [1.54, 1.807) is 4.90 Å². The van der Waals surface area contributed by atoms with Gasteiger partial charge in [-0.15, -0.1) is 0 Å². The lowest BCUT2D eigenvalue weighted by molar-refractivity contribution is -0.134. The Kier molecular flexibility index (Phi) is 5.68. The zero-order valence-corrected chi connectivity index (χ0v) is 14.7. The lowest BCUT2D eigenvalue weighted by Gasteiger charge is -2.26. The van der Waals surface area contributed by atoms with Crippen LogP contribution in [0.5, 0.6) is 0 Å².